The van der Waals surface area contributed by atoms with Gasteiger partial charge in [-0.2, -0.15) is 0 Å². The molecule has 0 fully saturated rings. The topological polar surface area (TPSA) is 17.1 Å². The second-order valence-corrected chi connectivity index (χ2v) is 3.49. The number of benzene rings is 1. The third kappa shape index (κ3) is 2.84. The third-order valence-electron chi connectivity index (χ3n) is 2.25. The van der Waals surface area contributed by atoms with Crippen LogP contribution in [-0.2, 0) is 4.79 Å². The molecule has 1 nitrogen and oxygen atoms in total. The first kappa shape index (κ1) is 10.7. The normalized spacial score (nSPS) is 11.5. The standard InChI is InChI=1S/C13H16O/c1-4-13(11(3)14)9-12-7-5-10(2)6-8-12/h5-9H,4H2,1-3H3/b13-9+. The molecule has 1 heteroatoms. The fourth-order valence-corrected chi connectivity index (χ4v) is 1.32. The van der Waals surface area contributed by atoms with Crippen molar-refractivity contribution < 1.29 is 4.79 Å². The van der Waals surface area contributed by atoms with Crippen molar-refractivity contribution in [2.75, 3.05) is 0 Å². The Morgan fingerprint density at radius 3 is 2.29 bits per heavy atom. The van der Waals surface area contributed by atoms with Gasteiger partial charge in [-0.3, -0.25) is 4.79 Å². The van der Waals surface area contributed by atoms with Crippen molar-refractivity contribution in [3.05, 3.63) is 41.0 Å². The van der Waals surface area contributed by atoms with E-state index in [1.54, 1.807) is 6.92 Å². The van der Waals surface area contributed by atoms with Crippen LogP contribution in [0, 0.1) is 6.92 Å². The maximum Gasteiger partial charge on any atom is 0.155 e. The van der Waals surface area contributed by atoms with E-state index in [9.17, 15) is 4.79 Å². The zero-order valence-corrected chi connectivity index (χ0v) is 9.00. The van der Waals surface area contributed by atoms with Crippen molar-refractivity contribution in [2.45, 2.75) is 27.2 Å². The number of ketones is 1. The van der Waals surface area contributed by atoms with Gasteiger partial charge in [-0.05, 0) is 37.5 Å². The summed E-state index contributed by atoms with van der Waals surface area (Å²) >= 11 is 0. The first-order valence-electron chi connectivity index (χ1n) is 4.91. The molecule has 0 saturated carbocycles. The number of carbonyl (C=O) groups is 1. The quantitative estimate of drug-likeness (QED) is 0.664. The average molecular weight is 188 g/mol. The van der Waals surface area contributed by atoms with Gasteiger partial charge < -0.3 is 0 Å². The molecule has 0 radical (unpaired) electrons. The van der Waals surface area contributed by atoms with E-state index in [-0.39, 0.29) is 5.78 Å². The Hall–Kier alpha value is -1.37. The number of hydrogen-bond acceptors (Lipinski definition) is 1. The molecule has 0 N–H and O–H groups in total. The van der Waals surface area contributed by atoms with Gasteiger partial charge >= 0.3 is 0 Å². The van der Waals surface area contributed by atoms with Crippen molar-refractivity contribution in [3.8, 4) is 0 Å². The van der Waals surface area contributed by atoms with Crippen LogP contribution in [0.15, 0.2) is 29.8 Å². The maximum atomic E-state index is 11.2. The van der Waals surface area contributed by atoms with Gasteiger partial charge in [0.15, 0.2) is 5.78 Å². The summed E-state index contributed by atoms with van der Waals surface area (Å²) in [6.45, 7) is 5.67. The smallest absolute Gasteiger partial charge is 0.155 e. The predicted molar refractivity (Wildman–Crippen MR) is 60.1 cm³/mol. The fraction of sp³-hybridized carbons (Fsp3) is 0.308. The Kier molecular flexibility index (Phi) is 3.63. The minimum Gasteiger partial charge on any atom is -0.295 e. The van der Waals surface area contributed by atoms with E-state index in [1.165, 1.54) is 5.56 Å². The van der Waals surface area contributed by atoms with E-state index >= 15 is 0 Å². The molecule has 0 aromatic heterocycles. The molecule has 1 aromatic carbocycles. The van der Waals surface area contributed by atoms with Crippen LogP contribution in [0.5, 0.6) is 0 Å². The highest BCUT2D eigenvalue weighted by molar-refractivity contribution is 5.97. The minimum atomic E-state index is 0.160. The van der Waals surface area contributed by atoms with Crippen LogP contribution in [-0.4, -0.2) is 5.78 Å². The summed E-state index contributed by atoms with van der Waals surface area (Å²) in [6.07, 6.45) is 2.75. The van der Waals surface area contributed by atoms with Gasteiger partial charge in [-0.1, -0.05) is 36.8 Å². The second kappa shape index (κ2) is 4.75. The molecule has 0 heterocycles. The number of rotatable bonds is 3. The molecule has 0 aliphatic rings. The Labute approximate surface area is 85.5 Å². The van der Waals surface area contributed by atoms with Gasteiger partial charge in [-0.25, -0.2) is 0 Å². The number of Topliss-reactive ketones (excluding diaryl/α,β-unsaturated/α-hetero) is 1. The second-order valence-electron chi connectivity index (χ2n) is 3.49. The van der Waals surface area contributed by atoms with Crippen LogP contribution in [0.25, 0.3) is 6.08 Å². The zero-order chi connectivity index (χ0) is 10.6. The summed E-state index contributed by atoms with van der Waals surface area (Å²) in [6, 6.07) is 8.18. The summed E-state index contributed by atoms with van der Waals surface area (Å²) in [5.74, 6) is 0.160. The lowest BCUT2D eigenvalue weighted by atomic mass is 10.0. The number of hydrogen-bond donors (Lipinski definition) is 0. The molecule has 0 aliphatic heterocycles. The van der Waals surface area contributed by atoms with Gasteiger partial charge in [0.25, 0.3) is 0 Å². The van der Waals surface area contributed by atoms with Gasteiger partial charge in [0, 0.05) is 0 Å². The molecular formula is C13H16O. The number of allylic oxidation sites excluding steroid dienone is 1. The van der Waals surface area contributed by atoms with E-state index in [1.807, 2.05) is 25.1 Å². The van der Waals surface area contributed by atoms with Crippen LogP contribution >= 0.6 is 0 Å². The largest absolute Gasteiger partial charge is 0.295 e. The summed E-state index contributed by atoms with van der Waals surface area (Å²) in [5.41, 5.74) is 3.22. The lowest BCUT2D eigenvalue weighted by Crippen LogP contribution is -1.94. The average Bonchev–Trinajstić information content (AvgIpc) is 2.16. The molecule has 0 aliphatic carbocycles. The SMILES string of the molecule is CC/C(=C\c1ccc(C)cc1)C(C)=O. The molecule has 0 amide bonds. The van der Waals surface area contributed by atoms with Crippen molar-refractivity contribution in [1.29, 1.82) is 0 Å². The monoisotopic (exact) mass is 188 g/mol. The zero-order valence-electron chi connectivity index (χ0n) is 9.00. The van der Waals surface area contributed by atoms with Crippen LogP contribution < -0.4 is 0 Å². The molecule has 0 spiro atoms. The summed E-state index contributed by atoms with van der Waals surface area (Å²) in [4.78, 5) is 11.2. The van der Waals surface area contributed by atoms with E-state index in [0.29, 0.717) is 0 Å². The van der Waals surface area contributed by atoms with Crippen molar-refractivity contribution >= 4 is 11.9 Å². The van der Waals surface area contributed by atoms with E-state index in [4.69, 9.17) is 0 Å². The lowest BCUT2D eigenvalue weighted by Gasteiger charge is -2.00. The van der Waals surface area contributed by atoms with Gasteiger partial charge in [0.1, 0.15) is 0 Å². The highest BCUT2D eigenvalue weighted by Gasteiger charge is 2.00. The van der Waals surface area contributed by atoms with Gasteiger partial charge in [-0.15, -0.1) is 0 Å². The van der Waals surface area contributed by atoms with Crippen molar-refractivity contribution in [3.63, 3.8) is 0 Å². The fourth-order valence-electron chi connectivity index (χ4n) is 1.32. The Balaban J connectivity index is 2.95. The summed E-state index contributed by atoms with van der Waals surface area (Å²) in [5, 5.41) is 0. The predicted octanol–water partition coefficient (Wildman–Crippen LogP) is 3.38. The molecule has 0 atom stereocenters. The van der Waals surface area contributed by atoms with Crippen LogP contribution in [0.2, 0.25) is 0 Å². The summed E-state index contributed by atoms with van der Waals surface area (Å²) in [7, 11) is 0. The van der Waals surface area contributed by atoms with Gasteiger partial charge in [0.05, 0.1) is 0 Å². The number of carbonyl (C=O) groups excluding carboxylic acids is 1. The number of aryl methyl sites for hydroxylation is 1. The molecule has 74 valence electrons. The molecule has 14 heavy (non-hydrogen) atoms. The maximum absolute atomic E-state index is 11.2. The lowest BCUT2D eigenvalue weighted by molar-refractivity contribution is -0.113. The third-order valence-corrected chi connectivity index (χ3v) is 2.25. The van der Waals surface area contributed by atoms with E-state index in [2.05, 4.69) is 19.1 Å². The van der Waals surface area contributed by atoms with E-state index in [0.717, 1.165) is 17.6 Å². The molecule has 1 aromatic rings. The van der Waals surface area contributed by atoms with Crippen molar-refractivity contribution in [2.24, 2.45) is 0 Å². The van der Waals surface area contributed by atoms with E-state index < -0.39 is 0 Å². The molecule has 0 bridgehead atoms. The highest BCUT2D eigenvalue weighted by atomic mass is 16.1. The Morgan fingerprint density at radius 2 is 1.86 bits per heavy atom. The van der Waals surface area contributed by atoms with Crippen LogP contribution in [0.4, 0.5) is 0 Å². The molecule has 1 rings (SSSR count). The first-order valence-corrected chi connectivity index (χ1v) is 4.91. The Morgan fingerprint density at radius 1 is 1.29 bits per heavy atom. The van der Waals surface area contributed by atoms with Crippen molar-refractivity contribution in [1.82, 2.24) is 0 Å². The molecule has 0 unspecified atom stereocenters. The van der Waals surface area contributed by atoms with Crippen LogP contribution in [0.1, 0.15) is 31.4 Å². The molecule has 0 saturated heterocycles. The first-order chi connectivity index (χ1) is 6.63. The van der Waals surface area contributed by atoms with Crippen LogP contribution in [0.3, 0.4) is 0 Å². The van der Waals surface area contributed by atoms with Gasteiger partial charge in [0.2, 0.25) is 0 Å². The Bertz CT molecular complexity index is 344. The highest BCUT2D eigenvalue weighted by Crippen LogP contribution is 2.11. The molecular weight excluding hydrogens is 172 g/mol. The minimum absolute atomic E-state index is 0.160. The summed E-state index contributed by atoms with van der Waals surface area (Å²) < 4.78 is 0.